The molecule has 0 saturated heterocycles. The van der Waals surface area contributed by atoms with Gasteiger partial charge in [0, 0.05) is 10.8 Å². The van der Waals surface area contributed by atoms with Gasteiger partial charge in [-0.3, -0.25) is 0 Å². The molecule has 2 saturated carbocycles. The summed E-state index contributed by atoms with van der Waals surface area (Å²) in [5.41, 5.74) is 7.74. The van der Waals surface area contributed by atoms with E-state index in [0.29, 0.717) is 23.0 Å². The highest BCUT2D eigenvalue weighted by Gasteiger charge is 2.57. The largest absolute Gasteiger partial charge is 0.507 e. The minimum absolute atomic E-state index is 0.257. The summed E-state index contributed by atoms with van der Waals surface area (Å²) in [5.74, 6) is 1.87. The molecule has 2 fully saturated rings. The Balaban J connectivity index is 1.69. The molecule has 2 aliphatic rings. The van der Waals surface area contributed by atoms with Crippen molar-refractivity contribution in [3.63, 3.8) is 0 Å². The Morgan fingerprint density at radius 3 is 0.913 bits per heavy atom. The van der Waals surface area contributed by atoms with E-state index in [1.807, 2.05) is 27.7 Å². The van der Waals surface area contributed by atoms with Gasteiger partial charge in [-0.1, -0.05) is 37.1 Å². The molecule has 2 atom stereocenters. The fourth-order valence-corrected chi connectivity index (χ4v) is 11.9. The van der Waals surface area contributed by atoms with Crippen LogP contribution in [0.15, 0.2) is 48.5 Å². The summed E-state index contributed by atoms with van der Waals surface area (Å²) in [6.07, 6.45) is 6.12. The van der Waals surface area contributed by atoms with E-state index >= 15 is 0 Å². The molecule has 6 rings (SSSR count). The lowest BCUT2D eigenvalue weighted by molar-refractivity contribution is 0.0432. The second-order valence-electron chi connectivity index (χ2n) is 13.4. The summed E-state index contributed by atoms with van der Waals surface area (Å²) in [6.45, 7) is 7.98. The van der Waals surface area contributed by atoms with Crippen molar-refractivity contribution in [1.29, 1.82) is 0 Å². The Labute approximate surface area is 326 Å². The van der Waals surface area contributed by atoms with E-state index in [2.05, 4.69) is 139 Å². The number of benzene rings is 4. The van der Waals surface area contributed by atoms with Crippen LogP contribution in [0.2, 0.25) is 0 Å². The minimum atomic E-state index is -0.344. The number of hydrogen-bond acceptors (Lipinski definition) is 4. The lowest BCUT2D eigenvalue weighted by atomic mass is 9.44. The van der Waals surface area contributed by atoms with Crippen molar-refractivity contribution in [2.45, 2.75) is 77.0 Å². The van der Waals surface area contributed by atoms with E-state index in [9.17, 15) is 20.4 Å². The van der Waals surface area contributed by atoms with Gasteiger partial charge in [-0.2, -0.15) is 0 Å². The second-order valence-corrected chi connectivity index (χ2v) is 18.1. The second kappa shape index (κ2) is 13.0. The van der Waals surface area contributed by atoms with Gasteiger partial charge in [0.05, 0.1) is 14.3 Å². The highest BCUT2D eigenvalue weighted by Crippen LogP contribution is 2.64. The number of phenolic OH excluding ortho intramolecular Hbond substituents is 4. The third-order valence-electron chi connectivity index (χ3n) is 11.0. The Kier molecular flexibility index (Phi) is 9.88. The molecular formula is C38H38I4O4. The van der Waals surface area contributed by atoms with Crippen LogP contribution < -0.4 is 0 Å². The van der Waals surface area contributed by atoms with Crippen molar-refractivity contribution in [2.24, 2.45) is 11.8 Å². The zero-order valence-corrected chi connectivity index (χ0v) is 34.9. The minimum Gasteiger partial charge on any atom is -0.507 e. The summed E-state index contributed by atoms with van der Waals surface area (Å²) >= 11 is 9.08. The maximum Gasteiger partial charge on any atom is 0.131 e. The first-order valence-electron chi connectivity index (χ1n) is 15.7. The first kappa shape index (κ1) is 34.8. The Hall–Kier alpha value is -1.00. The van der Waals surface area contributed by atoms with Gasteiger partial charge in [0.2, 0.25) is 0 Å². The van der Waals surface area contributed by atoms with Gasteiger partial charge < -0.3 is 20.4 Å². The molecule has 0 aliphatic heterocycles. The van der Waals surface area contributed by atoms with Crippen molar-refractivity contribution >= 4 is 90.4 Å². The van der Waals surface area contributed by atoms with E-state index in [1.54, 1.807) is 0 Å². The smallest absolute Gasteiger partial charge is 0.131 e. The first-order valence-corrected chi connectivity index (χ1v) is 20.0. The summed E-state index contributed by atoms with van der Waals surface area (Å²) in [5, 5.41) is 43.5. The number of phenols is 4. The van der Waals surface area contributed by atoms with Crippen LogP contribution in [0.25, 0.3) is 0 Å². The molecule has 2 unspecified atom stereocenters. The lowest BCUT2D eigenvalue weighted by Crippen LogP contribution is -2.54. The third-order valence-corrected chi connectivity index (χ3v) is 14.3. The van der Waals surface area contributed by atoms with E-state index in [1.165, 1.54) is 22.3 Å². The molecule has 0 amide bonds. The van der Waals surface area contributed by atoms with Gasteiger partial charge in [0.1, 0.15) is 23.0 Å². The van der Waals surface area contributed by atoms with Gasteiger partial charge in [-0.25, -0.2) is 0 Å². The molecule has 4 aromatic rings. The molecular weight excluding hydrogens is 1030 g/mol. The zero-order chi connectivity index (χ0) is 33.3. The van der Waals surface area contributed by atoms with Crippen LogP contribution in [-0.2, 0) is 10.8 Å². The van der Waals surface area contributed by atoms with Crippen LogP contribution >= 0.6 is 90.4 Å². The average molecular weight is 1070 g/mol. The number of aryl methyl sites for hydroxylation is 4. The summed E-state index contributed by atoms with van der Waals surface area (Å²) in [6, 6.07) is 17.6. The Bertz CT molecular complexity index is 1520. The van der Waals surface area contributed by atoms with Crippen molar-refractivity contribution in [2.75, 3.05) is 0 Å². The maximum atomic E-state index is 10.9. The molecule has 8 heteroatoms. The predicted molar refractivity (Wildman–Crippen MR) is 218 cm³/mol. The molecule has 242 valence electrons. The number of aromatic hydroxyl groups is 4. The quantitative estimate of drug-likeness (QED) is 0.154. The van der Waals surface area contributed by atoms with E-state index < -0.39 is 0 Å². The Morgan fingerprint density at radius 1 is 0.457 bits per heavy atom. The van der Waals surface area contributed by atoms with Gasteiger partial charge >= 0.3 is 0 Å². The molecule has 4 nitrogen and oxygen atoms in total. The van der Waals surface area contributed by atoms with E-state index in [-0.39, 0.29) is 22.7 Å². The molecule has 0 aromatic heterocycles. The molecule has 2 aliphatic carbocycles. The molecule has 0 bridgehead atoms. The SMILES string of the molecule is Cc1cc(C2(c3cc(C)c(O)c(I)c3)CCCC3C2CCCC3(c2cc(C)c(O)c(I)c2)c2cc(C)c(O)c(I)c2)cc(I)c1O. The fourth-order valence-electron chi connectivity index (χ4n) is 8.90. The maximum absolute atomic E-state index is 10.9. The normalized spacial score (nSPS) is 20.3. The highest BCUT2D eigenvalue weighted by atomic mass is 127. The van der Waals surface area contributed by atoms with E-state index in [0.717, 1.165) is 75.1 Å². The van der Waals surface area contributed by atoms with Crippen molar-refractivity contribution in [1.82, 2.24) is 0 Å². The van der Waals surface area contributed by atoms with Crippen LogP contribution in [0.3, 0.4) is 0 Å². The molecule has 0 heterocycles. The van der Waals surface area contributed by atoms with Gasteiger partial charge in [0.15, 0.2) is 0 Å². The van der Waals surface area contributed by atoms with Crippen molar-refractivity contribution < 1.29 is 20.4 Å². The Morgan fingerprint density at radius 2 is 0.696 bits per heavy atom. The van der Waals surface area contributed by atoms with Gasteiger partial charge in [0.25, 0.3) is 0 Å². The molecule has 0 spiro atoms. The van der Waals surface area contributed by atoms with Crippen LogP contribution in [0.1, 0.15) is 83.0 Å². The highest BCUT2D eigenvalue weighted by molar-refractivity contribution is 14.1. The topological polar surface area (TPSA) is 80.9 Å². The predicted octanol–water partition coefficient (Wildman–Crippen LogP) is 11.0. The van der Waals surface area contributed by atoms with Crippen LogP contribution in [0.5, 0.6) is 23.0 Å². The fraction of sp³-hybridized carbons (Fsp3) is 0.368. The summed E-state index contributed by atoms with van der Waals surface area (Å²) < 4.78 is 3.42. The molecule has 4 aromatic carbocycles. The van der Waals surface area contributed by atoms with Gasteiger partial charge in [-0.15, -0.1) is 0 Å². The monoisotopic (exact) mass is 1070 g/mol. The average Bonchev–Trinajstić information content (AvgIpc) is 3.02. The summed E-state index contributed by atoms with van der Waals surface area (Å²) in [4.78, 5) is 0. The van der Waals surface area contributed by atoms with Crippen molar-refractivity contribution in [3.8, 4) is 23.0 Å². The standard InChI is InChI=1S/C38H38I4O4/c1-19-11-23(15-29(39)33(19)43)37(24-12-20(2)34(44)30(40)16-24)9-5-8-28-27(37)7-6-10-38(28,25-13-21(3)35(45)31(41)17-25)26-14-22(4)36(46)32(42)18-26/h11-18,27-28,43-46H,5-10H2,1-4H3. The summed E-state index contributed by atoms with van der Waals surface area (Å²) in [7, 11) is 0. The zero-order valence-electron chi connectivity index (χ0n) is 26.3. The molecule has 4 N–H and O–H groups in total. The molecule has 0 radical (unpaired) electrons. The number of hydrogen-bond donors (Lipinski definition) is 4. The third kappa shape index (κ3) is 5.54. The molecule has 46 heavy (non-hydrogen) atoms. The lowest BCUT2D eigenvalue weighted by Gasteiger charge is -2.59. The first-order chi connectivity index (χ1) is 21.7. The number of halogens is 4. The van der Waals surface area contributed by atoms with Crippen molar-refractivity contribution in [3.05, 3.63) is 107 Å². The van der Waals surface area contributed by atoms with Gasteiger partial charge in [-0.05, 0) is 224 Å². The van der Waals surface area contributed by atoms with Crippen LogP contribution in [-0.4, -0.2) is 20.4 Å². The van der Waals surface area contributed by atoms with Crippen LogP contribution in [0.4, 0.5) is 0 Å². The van der Waals surface area contributed by atoms with E-state index in [4.69, 9.17) is 0 Å². The van der Waals surface area contributed by atoms with Crippen LogP contribution in [0, 0.1) is 53.8 Å². The number of fused-ring (bicyclic) bond motifs is 1. The number of rotatable bonds is 4.